The van der Waals surface area contributed by atoms with E-state index in [2.05, 4.69) is 21.2 Å². The Hall–Kier alpha value is -1.13. The molecule has 2 aromatic rings. The predicted octanol–water partition coefficient (Wildman–Crippen LogP) is 3.75. The van der Waals surface area contributed by atoms with Crippen molar-refractivity contribution in [3.8, 4) is 0 Å². The van der Waals surface area contributed by atoms with Crippen LogP contribution in [0.2, 0.25) is 0 Å². The molecule has 0 unspecified atom stereocenters. The first-order valence-corrected chi connectivity index (χ1v) is 6.96. The molecule has 0 aliphatic carbocycles. The average Bonchev–Trinajstić information content (AvgIpc) is 2.82. The Labute approximate surface area is 113 Å². The van der Waals surface area contributed by atoms with Crippen LogP contribution in [0, 0.1) is 6.92 Å². The Morgan fingerprint density at radius 1 is 1.41 bits per heavy atom. The van der Waals surface area contributed by atoms with Gasteiger partial charge in [-0.05, 0) is 47.0 Å². The van der Waals surface area contributed by atoms with E-state index in [0.29, 0.717) is 6.54 Å². The van der Waals surface area contributed by atoms with Crippen LogP contribution in [0.5, 0.6) is 0 Å². The third-order valence-corrected chi connectivity index (χ3v) is 3.70. The highest BCUT2D eigenvalue weighted by atomic mass is 79.9. The molecule has 2 rings (SSSR count). The number of rotatable bonds is 3. The van der Waals surface area contributed by atoms with Crippen molar-refractivity contribution in [2.45, 2.75) is 13.5 Å². The van der Waals surface area contributed by atoms with Gasteiger partial charge in [-0.15, -0.1) is 0 Å². The van der Waals surface area contributed by atoms with Gasteiger partial charge in [-0.2, -0.15) is 11.3 Å². The van der Waals surface area contributed by atoms with Gasteiger partial charge in [0.05, 0.1) is 0 Å². The number of carbonyl (C=O) groups excluding carboxylic acids is 1. The Morgan fingerprint density at radius 3 is 2.94 bits per heavy atom. The minimum Gasteiger partial charge on any atom is -0.348 e. The quantitative estimate of drug-likeness (QED) is 0.919. The molecule has 4 heteroatoms. The molecule has 17 heavy (non-hydrogen) atoms. The van der Waals surface area contributed by atoms with E-state index < -0.39 is 0 Å². The molecule has 1 aromatic carbocycles. The molecule has 0 atom stereocenters. The lowest BCUT2D eigenvalue weighted by Gasteiger charge is -2.07. The number of thiophene rings is 1. The molecule has 0 spiro atoms. The summed E-state index contributed by atoms with van der Waals surface area (Å²) in [7, 11) is 0. The van der Waals surface area contributed by atoms with Crippen molar-refractivity contribution in [3.05, 3.63) is 56.2 Å². The highest BCUT2D eigenvalue weighted by molar-refractivity contribution is 9.10. The van der Waals surface area contributed by atoms with Gasteiger partial charge in [0.15, 0.2) is 0 Å². The zero-order valence-electron chi connectivity index (χ0n) is 9.37. The molecular formula is C13H12BrNOS. The Bertz CT molecular complexity index is 522. The zero-order valence-corrected chi connectivity index (χ0v) is 11.8. The molecule has 0 aliphatic heterocycles. The van der Waals surface area contributed by atoms with Gasteiger partial charge in [0.2, 0.25) is 0 Å². The van der Waals surface area contributed by atoms with Crippen LogP contribution in [0.25, 0.3) is 0 Å². The summed E-state index contributed by atoms with van der Waals surface area (Å²) in [5.74, 6) is -0.0324. The summed E-state index contributed by atoms with van der Waals surface area (Å²) in [5.41, 5.74) is 2.83. The number of amides is 1. The second kappa shape index (κ2) is 5.47. The second-order valence-electron chi connectivity index (χ2n) is 3.77. The summed E-state index contributed by atoms with van der Waals surface area (Å²) in [5, 5.41) is 6.96. The van der Waals surface area contributed by atoms with Crippen LogP contribution < -0.4 is 5.32 Å². The van der Waals surface area contributed by atoms with Gasteiger partial charge in [-0.25, -0.2) is 0 Å². The van der Waals surface area contributed by atoms with Gasteiger partial charge >= 0.3 is 0 Å². The van der Waals surface area contributed by atoms with Crippen LogP contribution in [0.3, 0.4) is 0 Å². The van der Waals surface area contributed by atoms with E-state index in [1.165, 1.54) is 0 Å². The fourth-order valence-electron chi connectivity index (χ4n) is 1.51. The summed E-state index contributed by atoms with van der Waals surface area (Å²) in [4.78, 5) is 12.0. The first-order chi connectivity index (χ1) is 8.16. The summed E-state index contributed by atoms with van der Waals surface area (Å²) < 4.78 is 0.920. The van der Waals surface area contributed by atoms with E-state index >= 15 is 0 Å². The van der Waals surface area contributed by atoms with Crippen LogP contribution in [-0.2, 0) is 6.54 Å². The maximum Gasteiger partial charge on any atom is 0.251 e. The summed E-state index contributed by atoms with van der Waals surface area (Å²) in [6.07, 6.45) is 0. The van der Waals surface area contributed by atoms with E-state index in [0.717, 1.165) is 21.2 Å². The van der Waals surface area contributed by atoms with Crippen molar-refractivity contribution in [2.75, 3.05) is 0 Å². The minimum atomic E-state index is -0.0324. The van der Waals surface area contributed by atoms with E-state index in [-0.39, 0.29) is 5.91 Å². The molecule has 0 bridgehead atoms. The Kier molecular flexibility index (Phi) is 3.97. The molecule has 0 radical (unpaired) electrons. The van der Waals surface area contributed by atoms with E-state index in [9.17, 15) is 4.79 Å². The van der Waals surface area contributed by atoms with E-state index in [1.807, 2.05) is 41.9 Å². The number of hydrogen-bond donors (Lipinski definition) is 1. The van der Waals surface area contributed by atoms with Crippen molar-refractivity contribution in [3.63, 3.8) is 0 Å². The first kappa shape index (κ1) is 12.3. The van der Waals surface area contributed by atoms with Gasteiger partial charge in [-0.1, -0.05) is 22.0 Å². The van der Waals surface area contributed by atoms with Crippen molar-refractivity contribution in [1.29, 1.82) is 0 Å². The lowest BCUT2D eigenvalue weighted by molar-refractivity contribution is 0.0950. The first-order valence-electron chi connectivity index (χ1n) is 5.22. The molecule has 1 amide bonds. The van der Waals surface area contributed by atoms with Crippen molar-refractivity contribution in [1.82, 2.24) is 5.32 Å². The predicted molar refractivity (Wildman–Crippen MR) is 74.4 cm³/mol. The van der Waals surface area contributed by atoms with Gasteiger partial charge in [0.25, 0.3) is 5.91 Å². The molecule has 1 heterocycles. The van der Waals surface area contributed by atoms with Crippen LogP contribution >= 0.6 is 27.3 Å². The third-order valence-electron chi connectivity index (χ3n) is 2.48. The van der Waals surface area contributed by atoms with Crippen molar-refractivity contribution in [2.24, 2.45) is 0 Å². The molecule has 2 nitrogen and oxygen atoms in total. The molecule has 1 aromatic heterocycles. The number of carbonyl (C=O) groups is 1. The van der Waals surface area contributed by atoms with E-state index in [4.69, 9.17) is 0 Å². The van der Waals surface area contributed by atoms with Crippen LogP contribution in [-0.4, -0.2) is 5.91 Å². The zero-order chi connectivity index (χ0) is 12.3. The van der Waals surface area contributed by atoms with Gasteiger partial charge in [0, 0.05) is 16.6 Å². The molecule has 0 aliphatic rings. The molecule has 1 N–H and O–H groups in total. The van der Waals surface area contributed by atoms with Gasteiger partial charge in [-0.3, -0.25) is 4.79 Å². The van der Waals surface area contributed by atoms with E-state index in [1.54, 1.807) is 11.3 Å². The Morgan fingerprint density at radius 2 is 2.24 bits per heavy atom. The molecule has 0 saturated carbocycles. The fourth-order valence-corrected chi connectivity index (χ4v) is 2.54. The molecular weight excluding hydrogens is 298 g/mol. The standard InChI is InChI=1S/C13H12BrNOS/c1-9-2-3-11(14)6-12(9)13(16)15-7-10-4-5-17-8-10/h2-6,8H,7H2,1H3,(H,15,16). The highest BCUT2D eigenvalue weighted by Crippen LogP contribution is 2.16. The van der Waals surface area contributed by atoms with Crippen LogP contribution in [0.1, 0.15) is 21.5 Å². The number of nitrogens with one attached hydrogen (secondary N) is 1. The normalized spacial score (nSPS) is 10.2. The lowest BCUT2D eigenvalue weighted by atomic mass is 10.1. The highest BCUT2D eigenvalue weighted by Gasteiger charge is 2.09. The number of hydrogen-bond acceptors (Lipinski definition) is 2. The topological polar surface area (TPSA) is 29.1 Å². The van der Waals surface area contributed by atoms with Gasteiger partial charge in [0.1, 0.15) is 0 Å². The Balaban J connectivity index is 2.07. The lowest BCUT2D eigenvalue weighted by Crippen LogP contribution is -2.23. The third kappa shape index (κ3) is 3.17. The van der Waals surface area contributed by atoms with Crippen LogP contribution in [0.15, 0.2) is 39.5 Å². The summed E-state index contributed by atoms with van der Waals surface area (Å²) in [6, 6.07) is 7.73. The maximum atomic E-state index is 12.0. The molecule has 88 valence electrons. The summed E-state index contributed by atoms with van der Waals surface area (Å²) >= 11 is 5.01. The number of benzene rings is 1. The van der Waals surface area contributed by atoms with Crippen molar-refractivity contribution < 1.29 is 4.79 Å². The molecule has 0 fully saturated rings. The largest absolute Gasteiger partial charge is 0.348 e. The second-order valence-corrected chi connectivity index (χ2v) is 5.47. The SMILES string of the molecule is Cc1ccc(Br)cc1C(=O)NCc1ccsc1. The number of aryl methyl sites for hydroxylation is 1. The van der Waals surface area contributed by atoms with Crippen molar-refractivity contribution >= 4 is 33.2 Å². The smallest absolute Gasteiger partial charge is 0.251 e. The van der Waals surface area contributed by atoms with Gasteiger partial charge < -0.3 is 5.32 Å². The fraction of sp³-hybridized carbons (Fsp3) is 0.154. The average molecular weight is 310 g/mol. The monoisotopic (exact) mass is 309 g/mol. The number of halogens is 1. The maximum absolute atomic E-state index is 12.0. The summed E-state index contributed by atoms with van der Waals surface area (Å²) in [6.45, 7) is 2.51. The minimum absolute atomic E-state index is 0.0324. The van der Waals surface area contributed by atoms with Crippen LogP contribution in [0.4, 0.5) is 0 Å². The molecule has 0 saturated heterocycles.